The van der Waals surface area contributed by atoms with Gasteiger partial charge in [-0.1, -0.05) is 13.8 Å². The molecule has 6 heteroatoms. The maximum absolute atomic E-state index is 12.3. The van der Waals surface area contributed by atoms with Gasteiger partial charge in [-0.3, -0.25) is 9.48 Å². The van der Waals surface area contributed by atoms with Gasteiger partial charge >= 0.3 is 0 Å². The lowest BCUT2D eigenvalue weighted by Crippen LogP contribution is -2.35. The van der Waals surface area contributed by atoms with Crippen molar-refractivity contribution in [3.05, 3.63) is 16.6 Å². The average molecular weight is 309 g/mol. The molecule has 1 unspecified atom stereocenters. The molecule has 0 fully saturated rings. The van der Waals surface area contributed by atoms with Crippen molar-refractivity contribution in [3.8, 4) is 0 Å². The monoisotopic (exact) mass is 309 g/mol. The van der Waals surface area contributed by atoms with E-state index in [-0.39, 0.29) is 11.9 Å². The molecule has 0 aliphatic carbocycles. The summed E-state index contributed by atoms with van der Waals surface area (Å²) in [6, 6.07) is 1.94. The lowest BCUT2D eigenvalue weighted by atomic mass is 10.2. The van der Waals surface area contributed by atoms with Gasteiger partial charge in [0.15, 0.2) is 0 Å². The Labute approximate surface area is 129 Å². The van der Waals surface area contributed by atoms with Crippen LogP contribution in [0.1, 0.15) is 36.1 Å². The first-order chi connectivity index (χ1) is 9.92. The highest BCUT2D eigenvalue weighted by atomic mass is 32.1. The maximum atomic E-state index is 12.3. The largest absolute Gasteiger partial charge is 0.383 e. The summed E-state index contributed by atoms with van der Waals surface area (Å²) in [7, 11) is 1.63. The van der Waals surface area contributed by atoms with Crippen LogP contribution in [0, 0.1) is 12.8 Å². The molecule has 2 aromatic heterocycles. The highest BCUT2D eigenvalue weighted by molar-refractivity contribution is 7.20. The first kappa shape index (κ1) is 16.0. The van der Waals surface area contributed by atoms with Gasteiger partial charge in [0.25, 0.3) is 5.91 Å². The van der Waals surface area contributed by atoms with E-state index in [0.29, 0.717) is 12.5 Å². The number of carbonyl (C=O) groups excluding carboxylic acids is 1. The fourth-order valence-corrected chi connectivity index (χ4v) is 3.35. The number of ether oxygens (including phenoxy) is 1. The van der Waals surface area contributed by atoms with E-state index in [2.05, 4.69) is 24.3 Å². The molecular formula is C15H23N3O2S. The number of hydrogen-bond donors (Lipinski definition) is 1. The Bertz CT molecular complexity index is 630. The number of nitrogens with one attached hydrogen (secondary N) is 1. The number of amides is 1. The molecule has 0 saturated heterocycles. The van der Waals surface area contributed by atoms with Crippen LogP contribution in [0.15, 0.2) is 6.07 Å². The Morgan fingerprint density at radius 3 is 2.81 bits per heavy atom. The summed E-state index contributed by atoms with van der Waals surface area (Å²) in [6.07, 6.45) is 0. The Morgan fingerprint density at radius 1 is 1.48 bits per heavy atom. The van der Waals surface area contributed by atoms with Gasteiger partial charge in [0.1, 0.15) is 4.83 Å². The molecule has 2 rings (SSSR count). The number of hydrogen-bond acceptors (Lipinski definition) is 4. The predicted molar refractivity (Wildman–Crippen MR) is 86.0 cm³/mol. The van der Waals surface area contributed by atoms with E-state index in [1.165, 1.54) is 11.3 Å². The molecule has 0 saturated carbocycles. The van der Waals surface area contributed by atoms with Gasteiger partial charge in [0, 0.05) is 25.1 Å². The van der Waals surface area contributed by atoms with E-state index >= 15 is 0 Å². The van der Waals surface area contributed by atoms with Crippen LogP contribution < -0.4 is 5.32 Å². The van der Waals surface area contributed by atoms with Gasteiger partial charge in [0.05, 0.1) is 17.2 Å². The van der Waals surface area contributed by atoms with Crippen molar-refractivity contribution in [2.24, 2.45) is 5.92 Å². The fraction of sp³-hybridized carbons (Fsp3) is 0.600. The SMILES string of the molecule is COCC(C)NC(=O)c1cc2c(C)nn(CC(C)C)c2s1. The Balaban J connectivity index is 2.24. The molecule has 0 aliphatic rings. The quantitative estimate of drug-likeness (QED) is 0.892. The molecule has 0 aliphatic heterocycles. The number of carbonyl (C=O) groups is 1. The first-order valence-electron chi connectivity index (χ1n) is 7.19. The van der Waals surface area contributed by atoms with Crippen molar-refractivity contribution in [2.45, 2.75) is 40.3 Å². The molecule has 5 nitrogen and oxygen atoms in total. The van der Waals surface area contributed by atoms with Crippen LogP contribution in [0.25, 0.3) is 10.2 Å². The van der Waals surface area contributed by atoms with Crippen LogP contribution in [0.4, 0.5) is 0 Å². The third-order valence-electron chi connectivity index (χ3n) is 3.16. The molecule has 2 heterocycles. The van der Waals surface area contributed by atoms with Crippen molar-refractivity contribution in [1.82, 2.24) is 15.1 Å². The minimum atomic E-state index is -0.0451. The van der Waals surface area contributed by atoms with Gasteiger partial charge in [0.2, 0.25) is 0 Å². The number of fused-ring (bicyclic) bond motifs is 1. The molecule has 1 amide bonds. The number of nitrogens with zero attached hydrogens (tertiary/aromatic N) is 2. The molecule has 0 spiro atoms. The van der Waals surface area contributed by atoms with E-state index in [0.717, 1.165) is 27.3 Å². The molecule has 2 aromatic rings. The van der Waals surface area contributed by atoms with Gasteiger partial charge in [-0.25, -0.2) is 0 Å². The van der Waals surface area contributed by atoms with Crippen LogP contribution in [-0.2, 0) is 11.3 Å². The van der Waals surface area contributed by atoms with Crippen LogP contribution in [0.2, 0.25) is 0 Å². The molecule has 0 bridgehead atoms. The number of rotatable bonds is 6. The first-order valence-corrected chi connectivity index (χ1v) is 8.00. The second kappa shape index (κ2) is 6.58. The third kappa shape index (κ3) is 3.63. The number of methoxy groups -OCH3 is 1. The van der Waals surface area contributed by atoms with Gasteiger partial charge < -0.3 is 10.1 Å². The molecular weight excluding hydrogens is 286 g/mol. The second-order valence-electron chi connectivity index (χ2n) is 5.82. The van der Waals surface area contributed by atoms with Crippen LogP contribution in [0.5, 0.6) is 0 Å². The van der Waals surface area contributed by atoms with Crippen LogP contribution in [-0.4, -0.2) is 35.4 Å². The molecule has 1 N–H and O–H groups in total. The van der Waals surface area contributed by atoms with Crippen LogP contribution in [0.3, 0.4) is 0 Å². The summed E-state index contributed by atoms with van der Waals surface area (Å²) in [6.45, 7) is 9.62. The minimum Gasteiger partial charge on any atom is -0.383 e. The average Bonchev–Trinajstić information content (AvgIpc) is 2.92. The maximum Gasteiger partial charge on any atom is 0.261 e. The standard InChI is InChI=1S/C15H23N3O2S/c1-9(2)7-18-15-12(11(4)17-18)6-13(21-15)14(19)16-10(3)8-20-5/h6,9-10H,7-8H2,1-5H3,(H,16,19). The van der Waals surface area contributed by atoms with Crippen molar-refractivity contribution in [2.75, 3.05) is 13.7 Å². The zero-order valence-corrected chi connectivity index (χ0v) is 14.1. The summed E-state index contributed by atoms with van der Waals surface area (Å²) in [4.78, 5) is 14.1. The molecule has 21 heavy (non-hydrogen) atoms. The molecule has 0 aromatic carbocycles. The minimum absolute atomic E-state index is 0.000900. The summed E-state index contributed by atoms with van der Waals surface area (Å²) < 4.78 is 7.05. The summed E-state index contributed by atoms with van der Waals surface area (Å²) in [5.74, 6) is 0.477. The summed E-state index contributed by atoms with van der Waals surface area (Å²) in [5, 5.41) is 8.57. The molecule has 116 valence electrons. The number of aryl methyl sites for hydroxylation is 1. The Morgan fingerprint density at radius 2 is 2.19 bits per heavy atom. The topological polar surface area (TPSA) is 56.1 Å². The smallest absolute Gasteiger partial charge is 0.261 e. The lowest BCUT2D eigenvalue weighted by molar-refractivity contribution is 0.0909. The normalized spacial score (nSPS) is 13.0. The van der Waals surface area contributed by atoms with E-state index in [1.54, 1.807) is 7.11 Å². The number of aromatic nitrogens is 2. The number of thiophene rings is 1. The van der Waals surface area contributed by atoms with Crippen molar-refractivity contribution in [1.29, 1.82) is 0 Å². The summed E-state index contributed by atoms with van der Waals surface area (Å²) in [5.41, 5.74) is 0.978. The van der Waals surface area contributed by atoms with Crippen LogP contribution >= 0.6 is 11.3 Å². The third-order valence-corrected chi connectivity index (χ3v) is 4.31. The van der Waals surface area contributed by atoms with Gasteiger partial charge in [-0.05, 0) is 25.8 Å². The van der Waals surface area contributed by atoms with E-state index < -0.39 is 0 Å². The fourth-order valence-electron chi connectivity index (χ4n) is 2.28. The lowest BCUT2D eigenvalue weighted by Gasteiger charge is -2.11. The van der Waals surface area contributed by atoms with E-state index in [4.69, 9.17) is 4.74 Å². The Kier molecular flexibility index (Phi) is 5.00. The van der Waals surface area contributed by atoms with Crippen molar-refractivity contribution < 1.29 is 9.53 Å². The highest BCUT2D eigenvalue weighted by Gasteiger charge is 2.17. The van der Waals surface area contributed by atoms with Gasteiger partial charge in [-0.2, -0.15) is 5.10 Å². The second-order valence-corrected chi connectivity index (χ2v) is 6.85. The highest BCUT2D eigenvalue weighted by Crippen LogP contribution is 2.28. The van der Waals surface area contributed by atoms with Crippen molar-refractivity contribution in [3.63, 3.8) is 0 Å². The molecule has 0 radical (unpaired) electrons. The summed E-state index contributed by atoms with van der Waals surface area (Å²) >= 11 is 1.50. The zero-order valence-electron chi connectivity index (χ0n) is 13.3. The van der Waals surface area contributed by atoms with Gasteiger partial charge in [-0.15, -0.1) is 11.3 Å². The predicted octanol–water partition coefficient (Wildman–Crippen LogP) is 2.83. The zero-order chi connectivity index (χ0) is 15.6. The Hall–Kier alpha value is -1.40. The van der Waals surface area contributed by atoms with Crippen molar-refractivity contribution >= 4 is 27.5 Å². The molecule has 1 atom stereocenters. The van der Waals surface area contributed by atoms with E-state index in [1.807, 2.05) is 24.6 Å². The van der Waals surface area contributed by atoms with E-state index in [9.17, 15) is 4.79 Å².